The highest BCUT2D eigenvalue weighted by atomic mass is 16.5. The molecule has 0 radical (unpaired) electrons. The predicted molar refractivity (Wildman–Crippen MR) is 154 cm³/mol. The van der Waals surface area contributed by atoms with Gasteiger partial charge in [0.2, 0.25) is 11.7 Å². The van der Waals surface area contributed by atoms with Crippen molar-refractivity contribution in [2.75, 3.05) is 51.9 Å². The van der Waals surface area contributed by atoms with E-state index >= 15 is 0 Å². The molecule has 1 aromatic heterocycles. The summed E-state index contributed by atoms with van der Waals surface area (Å²) in [4.78, 5) is 15.8. The van der Waals surface area contributed by atoms with Crippen LogP contribution in [0, 0.1) is 0 Å². The monoisotopic (exact) mass is 544 g/mol. The minimum Gasteiger partial charge on any atom is -0.494 e. The van der Waals surface area contributed by atoms with Gasteiger partial charge in [0.05, 0.1) is 38.0 Å². The number of fused-ring (bicyclic) bond motifs is 1. The third-order valence-corrected chi connectivity index (χ3v) is 7.11. The van der Waals surface area contributed by atoms with Crippen LogP contribution in [-0.4, -0.2) is 78.0 Å². The van der Waals surface area contributed by atoms with Crippen LogP contribution in [-0.2, 0) is 21.4 Å². The average Bonchev–Trinajstić information content (AvgIpc) is 3.49. The lowest BCUT2D eigenvalue weighted by molar-refractivity contribution is -0.115. The van der Waals surface area contributed by atoms with Crippen molar-refractivity contribution in [3.05, 3.63) is 59.7 Å². The summed E-state index contributed by atoms with van der Waals surface area (Å²) in [5.74, 6) is 1.54. The lowest BCUT2D eigenvalue weighted by Gasteiger charge is -2.26. The zero-order valence-corrected chi connectivity index (χ0v) is 23.5. The Morgan fingerprint density at radius 3 is 2.58 bits per heavy atom. The van der Waals surface area contributed by atoms with Gasteiger partial charge in [0.15, 0.2) is 5.75 Å². The lowest BCUT2D eigenvalue weighted by Crippen LogP contribution is -2.38. The van der Waals surface area contributed by atoms with Gasteiger partial charge in [0.1, 0.15) is 12.4 Å². The molecular weight excluding hydrogens is 508 g/mol. The smallest absolute Gasteiger partial charge is 0.228 e. The van der Waals surface area contributed by atoms with Crippen molar-refractivity contribution in [1.29, 1.82) is 0 Å². The van der Waals surface area contributed by atoms with Crippen molar-refractivity contribution in [3.63, 3.8) is 0 Å². The molecule has 210 valence electrons. The van der Waals surface area contributed by atoms with E-state index in [2.05, 4.69) is 51.6 Å². The van der Waals surface area contributed by atoms with Crippen molar-refractivity contribution in [2.24, 2.45) is 0 Å². The molecule has 0 atom stereocenters. The second kappa shape index (κ2) is 12.0. The summed E-state index contributed by atoms with van der Waals surface area (Å²) in [6, 6.07) is 15.9. The minimum absolute atomic E-state index is 0.158. The standard InChI is InChI=1S/C30H36N6O4/c1-30(2,3)21-18-24(29-32-34-35-33-29)28(38-4)25(19-21)31-27(37)17-20-9-10-26(23-8-6-5-7-22(20)23)40-16-13-36-11-14-39-15-12-36/h5-10,18-19H,11-17H2,1-4H3,(H,31,37)(H,32,33,34,35). The first-order valence-electron chi connectivity index (χ1n) is 13.5. The van der Waals surface area contributed by atoms with Gasteiger partial charge in [-0.1, -0.05) is 51.1 Å². The van der Waals surface area contributed by atoms with Crippen LogP contribution in [0.15, 0.2) is 48.5 Å². The molecule has 0 saturated carbocycles. The van der Waals surface area contributed by atoms with Crippen LogP contribution in [0.5, 0.6) is 11.5 Å². The highest BCUT2D eigenvalue weighted by molar-refractivity contribution is 5.99. The van der Waals surface area contributed by atoms with E-state index in [-0.39, 0.29) is 17.7 Å². The second-order valence-electron chi connectivity index (χ2n) is 10.9. The van der Waals surface area contributed by atoms with Gasteiger partial charge in [-0.2, -0.15) is 5.21 Å². The van der Waals surface area contributed by atoms with Gasteiger partial charge in [-0.25, -0.2) is 0 Å². The number of aromatic nitrogens is 4. The van der Waals surface area contributed by atoms with Crippen molar-refractivity contribution in [3.8, 4) is 22.9 Å². The number of hydrogen-bond donors (Lipinski definition) is 2. The molecule has 1 fully saturated rings. The molecule has 0 aliphatic carbocycles. The van der Waals surface area contributed by atoms with Crippen molar-refractivity contribution >= 4 is 22.4 Å². The van der Waals surface area contributed by atoms with Crippen LogP contribution in [0.3, 0.4) is 0 Å². The summed E-state index contributed by atoms with van der Waals surface area (Å²) in [7, 11) is 1.57. The zero-order chi connectivity index (χ0) is 28.1. The minimum atomic E-state index is -0.182. The number of carbonyl (C=O) groups excluding carboxylic acids is 1. The third kappa shape index (κ3) is 6.24. The Bertz CT molecular complexity index is 1460. The van der Waals surface area contributed by atoms with Gasteiger partial charge in [0, 0.05) is 25.0 Å². The number of ether oxygens (including phenoxy) is 3. The molecule has 1 amide bonds. The molecule has 2 N–H and O–H groups in total. The van der Waals surface area contributed by atoms with Crippen LogP contribution < -0.4 is 14.8 Å². The maximum absolute atomic E-state index is 13.4. The van der Waals surface area contributed by atoms with Crippen LogP contribution in [0.2, 0.25) is 0 Å². The molecule has 1 saturated heterocycles. The van der Waals surface area contributed by atoms with Crippen LogP contribution >= 0.6 is 0 Å². The number of morpholine rings is 1. The summed E-state index contributed by atoms with van der Waals surface area (Å²) in [6.07, 6.45) is 0.189. The van der Waals surface area contributed by atoms with Gasteiger partial charge in [-0.05, 0) is 45.3 Å². The average molecular weight is 545 g/mol. The molecule has 0 bridgehead atoms. The molecule has 10 nitrogen and oxygen atoms in total. The molecule has 3 aromatic carbocycles. The molecule has 5 rings (SSSR count). The number of anilines is 1. The number of H-pyrrole nitrogens is 1. The van der Waals surface area contributed by atoms with Crippen LogP contribution in [0.1, 0.15) is 31.9 Å². The zero-order valence-electron chi connectivity index (χ0n) is 23.5. The molecular formula is C30H36N6O4. The molecule has 1 aliphatic heterocycles. The number of methoxy groups -OCH3 is 1. The Balaban J connectivity index is 1.37. The van der Waals surface area contributed by atoms with E-state index < -0.39 is 0 Å². The van der Waals surface area contributed by atoms with Crippen molar-refractivity contribution in [2.45, 2.75) is 32.6 Å². The highest BCUT2D eigenvalue weighted by Gasteiger charge is 2.23. The van der Waals surface area contributed by atoms with Crippen LogP contribution in [0.4, 0.5) is 5.69 Å². The molecule has 4 aromatic rings. The van der Waals surface area contributed by atoms with Gasteiger partial charge < -0.3 is 19.5 Å². The Morgan fingerprint density at radius 1 is 1.10 bits per heavy atom. The second-order valence-corrected chi connectivity index (χ2v) is 10.9. The van der Waals surface area contributed by atoms with Gasteiger partial charge in [0.25, 0.3) is 0 Å². The molecule has 1 aliphatic rings. The van der Waals surface area contributed by atoms with E-state index in [4.69, 9.17) is 14.2 Å². The Hall–Kier alpha value is -4.02. The summed E-state index contributed by atoms with van der Waals surface area (Å²) < 4.78 is 17.3. The fourth-order valence-electron chi connectivity index (χ4n) is 4.91. The van der Waals surface area contributed by atoms with E-state index in [0.29, 0.717) is 29.4 Å². The number of aromatic amines is 1. The Kier molecular flexibility index (Phi) is 8.27. The normalized spacial score (nSPS) is 14.3. The molecule has 0 spiro atoms. The SMILES string of the molecule is COc1c(NC(=O)Cc2ccc(OCCN3CCOCC3)c3ccccc23)cc(C(C)(C)C)cc1-c1nn[nH]n1. The summed E-state index contributed by atoms with van der Waals surface area (Å²) >= 11 is 0. The molecule has 0 unspecified atom stereocenters. The van der Waals surface area contributed by atoms with E-state index in [9.17, 15) is 4.79 Å². The molecule has 2 heterocycles. The number of nitrogens with one attached hydrogen (secondary N) is 2. The first kappa shape index (κ1) is 27.5. The maximum Gasteiger partial charge on any atom is 0.228 e. The number of amides is 1. The number of nitrogens with zero attached hydrogens (tertiary/aromatic N) is 4. The fraction of sp³-hybridized carbons (Fsp3) is 0.400. The largest absolute Gasteiger partial charge is 0.494 e. The van der Waals surface area contributed by atoms with E-state index in [1.54, 1.807) is 7.11 Å². The summed E-state index contributed by atoms with van der Waals surface area (Å²) in [6.45, 7) is 11.2. The third-order valence-electron chi connectivity index (χ3n) is 7.11. The van der Waals surface area contributed by atoms with E-state index in [1.165, 1.54) is 0 Å². The Morgan fingerprint density at radius 2 is 1.88 bits per heavy atom. The summed E-state index contributed by atoms with van der Waals surface area (Å²) in [5, 5.41) is 19.5. The lowest BCUT2D eigenvalue weighted by atomic mass is 9.85. The van der Waals surface area contributed by atoms with Crippen molar-refractivity contribution in [1.82, 2.24) is 25.5 Å². The summed E-state index contributed by atoms with van der Waals surface area (Å²) in [5.41, 5.74) is 2.96. The number of tetrazole rings is 1. The van der Waals surface area contributed by atoms with Gasteiger partial charge in [-0.3, -0.25) is 9.69 Å². The number of benzene rings is 3. The van der Waals surface area contributed by atoms with Crippen LogP contribution in [0.25, 0.3) is 22.2 Å². The van der Waals surface area contributed by atoms with Gasteiger partial charge >= 0.3 is 0 Å². The highest BCUT2D eigenvalue weighted by Crippen LogP contribution is 2.39. The molecule has 10 heteroatoms. The van der Waals surface area contributed by atoms with Gasteiger partial charge in [-0.15, -0.1) is 10.2 Å². The quantitative estimate of drug-likeness (QED) is 0.322. The predicted octanol–water partition coefficient (Wildman–Crippen LogP) is 4.22. The topological polar surface area (TPSA) is 114 Å². The Labute approximate surface area is 234 Å². The first-order valence-corrected chi connectivity index (χ1v) is 13.5. The maximum atomic E-state index is 13.4. The molecule has 40 heavy (non-hydrogen) atoms. The number of carbonyl (C=O) groups is 1. The van der Waals surface area contributed by atoms with Crippen molar-refractivity contribution < 1.29 is 19.0 Å². The number of rotatable bonds is 9. The van der Waals surface area contributed by atoms with E-state index in [1.807, 2.05) is 48.5 Å². The first-order chi connectivity index (χ1) is 19.3. The van der Waals surface area contributed by atoms with E-state index in [0.717, 1.165) is 60.5 Å². The number of hydrogen-bond acceptors (Lipinski definition) is 8. The fourth-order valence-corrected chi connectivity index (χ4v) is 4.91.